The summed E-state index contributed by atoms with van der Waals surface area (Å²) < 4.78 is 12.6. The number of aryl methyl sites for hydroxylation is 2. The maximum atomic E-state index is 5.61. The van der Waals surface area contributed by atoms with Crippen LogP contribution in [0.1, 0.15) is 11.5 Å². The van der Waals surface area contributed by atoms with Gasteiger partial charge in [0.2, 0.25) is 5.82 Å². The molecule has 0 saturated heterocycles. The van der Waals surface area contributed by atoms with Crippen LogP contribution in [-0.4, -0.2) is 25.3 Å². The maximum Gasteiger partial charge on any atom is 0.458 e. The number of hydrogen-bond donors (Lipinski definition) is 1. The lowest BCUT2D eigenvalue weighted by Gasteiger charge is -1.95. The fourth-order valence-electron chi connectivity index (χ4n) is 2.01. The van der Waals surface area contributed by atoms with Gasteiger partial charge in [-0.3, -0.25) is 0 Å². The molecule has 0 radical (unpaired) electrons. The van der Waals surface area contributed by atoms with Crippen molar-refractivity contribution < 1.29 is 13.3 Å². The third-order valence-corrected chi connectivity index (χ3v) is 3.75. The summed E-state index contributed by atoms with van der Waals surface area (Å²) in [6.45, 7) is 3.79. The molecule has 8 nitrogen and oxygen atoms in total. The molecule has 4 rings (SSSR count). The molecule has 0 fully saturated rings. The first-order valence-electron chi connectivity index (χ1n) is 6.50. The summed E-state index contributed by atoms with van der Waals surface area (Å²) in [6, 6.07) is 5.46. The molecule has 1 N–H and O–H groups in total. The predicted octanol–water partition coefficient (Wildman–Crippen LogP) is 1.95. The average molecular weight is 315 g/mol. The topological polar surface area (TPSA) is 97.7 Å². The van der Waals surface area contributed by atoms with Gasteiger partial charge in [-0.2, -0.15) is 0 Å². The van der Waals surface area contributed by atoms with Gasteiger partial charge in [-0.15, -0.1) is 14.7 Å². The number of rotatable bonds is 3. The van der Waals surface area contributed by atoms with Gasteiger partial charge in [0.15, 0.2) is 10.8 Å². The van der Waals surface area contributed by atoms with Gasteiger partial charge in [0, 0.05) is 24.8 Å². The SMILES string of the molecule is Cc1cc(Sc2nnc(-c3ccco3)o2)[n+]2[nH]c(C)nc2n1. The molecule has 0 spiro atoms. The molecule has 22 heavy (non-hydrogen) atoms. The molecule has 0 unspecified atom stereocenters. The van der Waals surface area contributed by atoms with E-state index in [0.717, 1.165) is 16.5 Å². The molecule has 0 aliphatic carbocycles. The molecular formula is C13H11N6O2S+. The first-order valence-corrected chi connectivity index (χ1v) is 7.32. The lowest BCUT2D eigenvalue weighted by Crippen LogP contribution is -2.27. The molecule has 9 heteroatoms. The third-order valence-electron chi connectivity index (χ3n) is 2.90. The number of aromatic amines is 1. The summed E-state index contributed by atoms with van der Waals surface area (Å²) in [5.41, 5.74) is 0.861. The highest BCUT2D eigenvalue weighted by molar-refractivity contribution is 7.98. The van der Waals surface area contributed by atoms with Crippen molar-refractivity contribution in [1.29, 1.82) is 0 Å². The smallest absolute Gasteiger partial charge is 0.458 e. The summed E-state index contributed by atoms with van der Waals surface area (Å²) in [5.74, 6) is 2.27. The largest absolute Gasteiger partial charge is 0.459 e. The Bertz CT molecular complexity index is 943. The zero-order chi connectivity index (χ0) is 15.1. The Morgan fingerprint density at radius 1 is 1.23 bits per heavy atom. The van der Waals surface area contributed by atoms with Gasteiger partial charge in [-0.1, -0.05) is 9.97 Å². The number of fused-ring (bicyclic) bond motifs is 1. The van der Waals surface area contributed by atoms with E-state index in [-0.39, 0.29) is 0 Å². The summed E-state index contributed by atoms with van der Waals surface area (Å²) in [4.78, 5) is 8.69. The normalized spacial score (nSPS) is 11.4. The van der Waals surface area contributed by atoms with Crippen LogP contribution in [0.5, 0.6) is 0 Å². The Balaban J connectivity index is 1.72. The second kappa shape index (κ2) is 4.95. The monoisotopic (exact) mass is 315 g/mol. The molecule has 4 aromatic rings. The van der Waals surface area contributed by atoms with E-state index in [1.54, 1.807) is 22.9 Å². The van der Waals surface area contributed by atoms with Crippen LogP contribution in [0.3, 0.4) is 0 Å². The molecule has 110 valence electrons. The van der Waals surface area contributed by atoms with Crippen molar-refractivity contribution in [2.45, 2.75) is 24.1 Å². The Kier molecular flexibility index (Phi) is 2.93. The highest BCUT2D eigenvalue weighted by atomic mass is 32.2. The van der Waals surface area contributed by atoms with Crippen LogP contribution in [0.2, 0.25) is 0 Å². The van der Waals surface area contributed by atoms with E-state index in [2.05, 4.69) is 25.3 Å². The third kappa shape index (κ3) is 2.25. The summed E-state index contributed by atoms with van der Waals surface area (Å²) >= 11 is 1.33. The van der Waals surface area contributed by atoms with Gasteiger partial charge in [0.1, 0.15) is 5.69 Å². The Morgan fingerprint density at radius 3 is 2.95 bits per heavy atom. The highest BCUT2D eigenvalue weighted by Gasteiger charge is 2.20. The minimum Gasteiger partial charge on any atom is -0.459 e. The standard InChI is InChI=1S/C13H10N6O2S/c1-7-6-10(19-12(14-7)15-8(2)18-19)22-13-17-16-11(21-13)9-4-3-5-20-9/h3-6H,1-2H3/p+1. The number of nitrogens with one attached hydrogen (secondary N) is 1. The van der Waals surface area contributed by atoms with E-state index in [1.807, 2.05) is 19.9 Å². The fourth-order valence-corrected chi connectivity index (χ4v) is 2.84. The van der Waals surface area contributed by atoms with Gasteiger partial charge < -0.3 is 8.83 Å². The number of H-pyrrole nitrogens is 1. The molecule has 0 aliphatic rings. The molecule has 4 heterocycles. The molecule has 0 bridgehead atoms. The zero-order valence-electron chi connectivity index (χ0n) is 11.8. The molecule has 4 aromatic heterocycles. The van der Waals surface area contributed by atoms with Crippen molar-refractivity contribution in [3.05, 3.63) is 36.0 Å². The van der Waals surface area contributed by atoms with Crippen LogP contribution in [0.4, 0.5) is 0 Å². The molecular weight excluding hydrogens is 304 g/mol. The number of hydrogen-bond acceptors (Lipinski definition) is 7. The van der Waals surface area contributed by atoms with Crippen LogP contribution >= 0.6 is 11.8 Å². The van der Waals surface area contributed by atoms with Crippen molar-refractivity contribution in [1.82, 2.24) is 25.3 Å². The first kappa shape index (κ1) is 13.0. The average Bonchev–Trinajstić information content (AvgIpc) is 3.17. The predicted molar refractivity (Wildman–Crippen MR) is 75.1 cm³/mol. The van der Waals surface area contributed by atoms with Crippen LogP contribution in [0.25, 0.3) is 17.4 Å². The van der Waals surface area contributed by atoms with Crippen molar-refractivity contribution >= 4 is 17.5 Å². The summed E-state index contributed by atoms with van der Waals surface area (Å²) in [7, 11) is 0. The van der Waals surface area contributed by atoms with E-state index < -0.39 is 0 Å². The van der Waals surface area contributed by atoms with Crippen LogP contribution in [0.15, 0.2) is 43.5 Å². The highest BCUT2D eigenvalue weighted by Crippen LogP contribution is 2.27. The van der Waals surface area contributed by atoms with Gasteiger partial charge in [-0.05, 0) is 19.1 Å². The van der Waals surface area contributed by atoms with Gasteiger partial charge in [-0.25, -0.2) is 5.10 Å². The number of furan rings is 1. The van der Waals surface area contributed by atoms with Crippen LogP contribution < -0.4 is 4.52 Å². The molecule has 0 atom stereocenters. The number of nitrogens with zero attached hydrogens (tertiary/aromatic N) is 5. The van der Waals surface area contributed by atoms with E-state index in [0.29, 0.717) is 22.7 Å². The van der Waals surface area contributed by atoms with E-state index in [1.165, 1.54) is 11.8 Å². The lowest BCUT2D eigenvalue weighted by atomic mass is 10.5. The molecule has 0 saturated carbocycles. The van der Waals surface area contributed by atoms with Crippen molar-refractivity contribution in [3.8, 4) is 11.7 Å². The first-order chi connectivity index (χ1) is 10.7. The molecule has 0 aromatic carbocycles. The van der Waals surface area contributed by atoms with Gasteiger partial charge in [0.25, 0.3) is 11.1 Å². The fraction of sp³-hybridized carbons (Fsp3) is 0.154. The lowest BCUT2D eigenvalue weighted by molar-refractivity contribution is -0.620. The second-order valence-corrected chi connectivity index (χ2v) is 5.60. The Morgan fingerprint density at radius 2 is 2.14 bits per heavy atom. The van der Waals surface area contributed by atoms with Gasteiger partial charge in [0.05, 0.1) is 6.26 Å². The minimum atomic E-state index is 0.348. The van der Waals surface area contributed by atoms with E-state index in [4.69, 9.17) is 8.83 Å². The van der Waals surface area contributed by atoms with Gasteiger partial charge >= 0.3 is 5.78 Å². The van der Waals surface area contributed by atoms with Crippen molar-refractivity contribution in [2.75, 3.05) is 0 Å². The maximum absolute atomic E-state index is 5.61. The van der Waals surface area contributed by atoms with Crippen LogP contribution in [-0.2, 0) is 0 Å². The van der Waals surface area contributed by atoms with Crippen molar-refractivity contribution in [3.63, 3.8) is 0 Å². The Labute approximate surface area is 128 Å². The molecule has 0 amide bonds. The number of aromatic nitrogens is 6. The minimum absolute atomic E-state index is 0.348. The van der Waals surface area contributed by atoms with Crippen LogP contribution in [0, 0.1) is 13.8 Å². The van der Waals surface area contributed by atoms with Crippen molar-refractivity contribution in [2.24, 2.45) is 0 Å². The molecule has 0 aliphatic heterocycles. The quantitative estimate of drug-likeness (QED) is 0.456. The summed E-state index contributed by atoms with van der Waals surface area (Å²) in [5, 5.41) is 12.4. The summed E-state index contributed by atoms with van der Waals surface area (Å²) in [6.07, 6.45) is 1.56. The zero-order valence-corrected chi connectivity index (χ0v) is 12.6. The van der Waals surface area contributed by atoms with E-state index >= 15 is 0 Å². The second-order valence-electron chi connectivity index (χ2n) is 4.63. The van der Waals surface area contributed by atoms with E-state index in [9.17, 15) is 0 Å². The Hall–Kier alpha value is -2.68.